The quantitative estimate of drug-likeness (QED) is 0.705. The van der Waals surface area contributed by atoms with Gasteiger partial charge < -0.3 is 9.88 Å². The second kappa shape index (κ2) is 6.23. The largest absolute Gasteiger partial charge is 0.348 e. The summed E-state index contributed by atoms with van der Waals surface area (Å²) in [5.74, 6) is 1.17. The molecule has 2 bridgehead atoms. The Kier molecular flexibility index (Phi) is 3.85. The number of fused-ring (bicyclic) bond motifs is 3. The van der Waals surface area contributed by atoms with E-state index in [1.54, 1.807) is 23.5 Å². The molecule has 1 aromatic carbocycles. The molecule has 2 aromatic heterocycles. The number of nitrogens with zero attached hydrogens (tertiary/aromatic N) is 1. The van der Waals surface area contributed by atoms with Crippen LogP contribution in [0, 0.1) is 17.7 Å². The average Bonchev–Trinajstić information content (AvgIpc) is 3.38. The van der Waals surface area contributed by atoms with Gasteiger partial charge in [-0.1, -0.05) is 24.6 Å². The number of carbonyl (C=O) groups excluding carboxylic acids is 1. The molecular formula is C21H21FN2OS. The molecule has 1 amide bonds. The molecule has 0 saturated heterocycles. The lowest BCUT2D eigenvalue weighted by Gasteiger charge is -2.23. The van der Waals surface area contributed by atoms with Crippen molar-refractivity contribution in [3.8, 4) is 0 Å². The minimum Gasteiger partial charge on any atom is -0.348 e. The summed E-state index contributed by atoms with van der Waals surface area (Å²) in [4.78, 5) is 14.0. The van der Waals surface area contributed by atoms with E-state index in [0.29, 0.717) is 29.8 Å². The first kappa shape index (κ1) is 16.1. The molecule has 0 radical (unpaired) electrons. The van der Waals surface area contributed by atoms with E-state index in [4.69, 9.17) is 0 Å². The number of aromatic nitrogens is 1. The van der Waals surface area contributed by atoms with Crippen molar-refractivity contribution in [2.45, 2.75) is 38.3 Å². The van der Waals surface area contributed by atoms with Crippen LogP contribution in [0.5, 0.6) is 0 Å². The minimum absolute atomic E-state index is 0.0257. The average molecular weight is 368 g/mol. The lowest BCUT2D eigenvalue weighted by atomic mass is 9.95. The van der Waals surface area contributed by atoms with Crippen LogP contribution in [-0.2, 0) is 6.54 Å². The molecule has 2 aliphatic carbocycles. The minimum atomic E-state index is -0.231. The monoisotopic (exact) mass is 368 g/mol. The Morgan fingerprint density at radius 1 is 1.23 bits per heavy atom. The number of nitrogens with one attached hydrogen (secondary N) is 1. The van der Waals surface area contributed by atoms with Gasteiger partial charge in [-0.05, 0) is 54.7 Å². The standard InChI is InChI=1S/C21H21FN2OS/c22-17-4-2-1-3-16(17)12-24-19(11-15-7-8-26-21(15)24)20(25)23-18-10-13-5-6-14(18)9-13/h1-4,7-8,11,13-14,18H,5-6,9-10,12H2,(H,23,25). The molecule has 5 rings (SSSR count). The fraction of sp³-hybridized carbons (Fsp3) is 0.381. The molecule has 134 valence electrons. The molecule has 2 aliphatic rings. The number of halogens is 1. The van der Waals surface area contributed by atoms with Crippen LogP contribution in [-0.4, -0.2) is 16.5 Å². The summed E-state index contributed by atoms with van der Waals surface area (Å²) in [6.45, 7) is 0.371. The van der Waals surface area contributed by atoms with Crippen LogP contribution in [0.4, 0.5) is 4.39 Å². The molecule has 2 fully saturated rings. The van der Waals surface area contributed by atoms with Crippen LogP contribution in [0.15, 0.2) is 41.8 Å². The predicted molar refractivity (Wildman–Crippen MR) is 102 cm³/mol. The second-order valence-corrected chi connectivity index (χ2v) is 8.54. The second-order valence-electron chi connectivity index (χ2n) is 7.64. The molecule has 0 spiro atoms. The Hall–Kier alpha value is -2.14. The molecule has 3 nitrogen and oxygen atoms in total. The van der Waals surface area contributed by atoms with Crippen molar-refractivity contribution in [2.24, 2.45) is 11.8 Å². The molecule has 26 heavy (non-hydrogen) atoms. The lowest BCUT2D eigenvalue weighted by molar-refractivity contribution is 0.0914. The van der Waals surface area contributed by atoms with Gasteiger partial charge in [0.2, 0.25) is 0 Å². The summed E-state index contributed by atoms with van der Waals surface area (Å²) >= 11 is 1.59. The van der Waals surface area contributed by atoms with Crippen molar-refractivity contribution in [3.63, 3.8) is 0 Å². The Balaban J connectivity index is 1.46. The van der Waals surface area contributed by atoms with Gasteiger partial charge in [-0.15, -0.1) is 11.3 Å². The third-order valence-corrected chi connectivity index (χ3v) is 7.03. The summed E-state index contributed by atoms with van der Waals surface area (Å²) in [7, 11) is 0. The van der Waals surface area contributed by atoms with Gasteiger partial charge in [0.15, 0.2) is 0 Å². The maximum Gasteiger partial charge on any atom is 0.268 e. The number of amides is 1. The Bertz CT molecular complexity index is 975. The SMILES string of the molecule is O=C(NC1CC2CCC1C2)c1cc2ccsc2n1Cc1ccccc1F. The van der Waals surface area contributed by atoms with Crippen LogP contribution in [0.25, 0.3) is 10.2 Å². The summed E-state index contributed by atoms with van der Waals surface area (Å²) in [5, 5.41) is 6.33. The highest BCUT2D eigenvalue weighted by Crippen LogP contribution is 2.44. The molecule has 3 aromatic rings. The van der Waals surface area contributed by atoms with Crippen LogP contribution in [0.2, 0.25) is 0 Å². The molecule has 3 unspecified atom stereocenters. The molecular weight excluding hydrogens is 347 g/mol. The molecule has 2 heterocycles. The van der Waals surface area contributed by atoms with Crippen LogP contribution in [0.3, 0.4) is 0 Å². The Labute approximate surface area is 155 Å². The van der Waals surface area contributed by atoms with E-state index in [0.717, 1.165) is 22.6 Å². The molecule has 1 N–H and O–H groups in total. The van der Waals surface area contributed by atoms with E-state index >= 15 is 0 Å². The lowest BCUT2D eigenvalue weighted by Crippen LogP contribution is -2.39. The van der Waals surface area contributed by atoms with Gasteiger partial charge >= 0.3 is 0 Å². The smallest absolute Gasteiger partial charge is 0.268 e. The molecule has 5 heteroatoms. The van der Waals surface area contributed by atoms with Crippen LogP contribution < -0.4 is 5.32 Å². The fourth-order valence-corrected chi connectivity index (χ4v) is 5.68. The summed E-state index contributed by atoms with van der Waals surface area (Å²) in [6.07, 6.45) is 4.92. The zero-order valence-electron chi connectivity index (χ0n) is 14.5. The van der Waals surface area contributed by atoms with Gasteiger partial charge in [-0.2, -0.15) is 0 Å². The molecule has 3 atom stereocenters. The summed E-state index contributed by atoms with van der Waals surface area (Å²) in [5.41, 5.74) is 1.24. The van der Waals surface area contributed by atoms with Crippen molar-refractivity contribution in [3.05, 3.63) is 58.9 Å². The number of rotatable bonds is 4. The van der Waals surface area contributed by atoms with Gasteiger partial charge in [0, 0.05) is 17.0 Å². The van der Waals surface area contributed by atoms with E-state index in [1.807, 2.05) is 28.1 Å². The third kappa shape index (κ3) is 2.65. The number of hydrogen-bond acceptors (Lipinski definition) is 2. The number of carbonyl (C=O) groups is 1. The van der Waals surface area contributed by atoms with Gasteiger partial charge in [0.25, 0.3) is 5.91 Å². The third-order valence-electron chi connectivity index (χ3n) is 6.08. The number of benzene rings is 1. The van der Waals surface area contributed by atoms with Crippen LogP contribution >= 0.6 is 11.3 Å². The van der Waals surface area contributed by atoms with Gasteiger partial charge in [-0.3, -0.25) is 4.79 Å². The first-order valence-electron chi connectivity index (χ1n) is 9.30. The predicted octanol–water partition coefficient (Wildman–Crippen LogP) is 4.81. The maximum absolute atomic E-state index is 14.2. The zero-order chi connectivity index (χ0) is 17.7. The van der Waals surface area contributed by atoms with E-state index in [1.165, 1.54) is 25.3 Å². The number of hydrogen-bond donors (Lipinski definition) is 1. The normalized spacial score (nSPS) is 24.4. The Morgan fingerprint density at radius 3 is 2.88 bits per heavy atom. The highest BCUT2D eigenvalue weighted by Gasteiger charge is 2.40. The van der Waals surface area contributed by atoms with Crippen molar-refractivity contribution in [2.75, 3.05) is 0 Å². The fourth-order valence-electron chi connectivity index (χ4n) is 4.78. The van der Waals surface area contributed by atoms with E-state index in [-0.39, 0.29) is 11.7 Å². The van der Waals surface area contributed by atoms with Crippen molar-refractivity contribution < 1.29 is 9.18 Å². The highest BCUT2D eigenvalue weighted by atomic mass is 32.1. The first-order valence-corrected chi connectivity index (χ1v) is 10.2. The van der Waals surface area contributed by atoms with Gasteiger partial charge in [0.05, 0.1) is 6.54 Å². The highest BCUT2D eigenvalue weighted by molar-refractivity contribution is 7.16. The van der Waals surface area contributed by atoms with Crippen molar-refractivity contribution in [1.82, 2.24) is 9.88 Å². The topological polar surface area (TPSA) is 34.0 Å². The van der Waals surface area contributed by atoms with Crippen LogP contribution in [0.1, 0.15) is 41.7 Å². The Morgan fingerprint density at radius 2 is 2.12 bits per heavy atom. The first-order chi connectivity index (χ1) is 12.7. The number of thiophene rings is 1. The zero-order valence-corrected chi connectivity index (χ0v) is 15.3. The maximum atomic E-state index is 14.2. The molecule has 0 aliphatic heterocycles. The van der Waals surface area contributed by atoms with Gasteiger partial charge in [0.1, 0.15) is 16.3 Å². The van der Waals surface area contributed by atoms with Gasteiger partial charge in [-0.25, -0.2) is 4.39 Å². The van der Waals surface area contributed by atoms with E-state index < -0.39 is 0 Å². The summed E-state index contributed by atoms with van der Waals surface area (Å²) < 4.78 is 16.1. The van der Waals surface area contributed by atoms with Crippen molar-refractivity contribution in [1.29, 1.82) is 0 Å². The summed E-state index contributed by atoms with van der Waals surface area (Å²) in [6, 6.07) is 11.0. The van der Waals surface area contributed by atoms with Crippen molar-refractivity contribution >= 4 is 27.5 Å². The van der Waals surface area contributed by atoms with E-state index in [2.05, 4.69) is 5.32 Å². The van der Waals surface area contributed by atoms with E-state index in [9.17, 15) is 9.18 Å². The molecule has 2 saturated carbocycles.